The number of piperazine rings is 1. The standard InChI is InChI=1S/C18H27FN2/c1-4-16-10-20-18(14-7-8-14)11-21(16)13(3)15-6-5-12(2)17(19)9-15/h5-6,9,13-14,16,18,20H,4,7-8,10-11H2,1-3H3. The molecule has 1 saturated heterocycles. The normalized spacial score (nSPS) is 28.6. The minimum atomic E-state index is -0.0822. The molecular formula is C18H27FN2. The van der Waals surface area contributed by atoms with Crippen LogP contribution in [-0.4, -0.2) is 30.1 Å². The zero-order valence-corrected chi connectivity index (χ0v) is 13.4. The Kier molecular flexibility index (Phi) is 4.32. The molecule has 3 atom stereocenters. The first-order valence-electron chi connectivity index (χ1n) is 8.35. The van der Waals surface area contributed by atoms with Crippen LogP contribution < -0.4 is 5.32 Å². The van der Waals surface area contributed by atoms with Gasteiger partial charge in [0.2, 0.25) is 0 Å². The van der Waals surface area contributed by atoms with Gasteiger partial charge in [0.25, 0.3) is 0 Å². The predicted molar refractivity (Wildman–Crippen MR) is 84.9 cm³/mol. The first kappa shape index (κ1) is 15.0. The maximum atomic E-state index is 13.9. The Morgan fingerprint density at radius 1 is 1.38 bits per heavy atom. The maximum Gasteiger partial charge on any atom is 0.126 e. The smallest absolute Gasteiger partial charge is 0.126 e. The Balaban J connectivity index is 1.78. The molecule has 1 heterocycles. The van der Waals surface area contributed by atoms with Crippen LogP contribution in [0.4, 0.5) is 4.39 Å². The van der Waals surface area contributed by atoms with Crippen LogP contribution in [0.25, 0.3) is 0 Å². The lowest BCUT2D eigenvalue weighted by Crippen LogP contribution is -2.57. The molecule has 21 heavy (non-hydrogen) atoms. The van der Waals surface area contributed by atoms with Gasteiger partial charge in [0.15, 0.2) is 0 Å². The molecule has 116 valence electrons. The van der Waals surface area contributed by atoms with Crippen molar-refractivity contribution in [1.29, 1.82) is 0 Å². The minimum Gasteiger partial charge on any atom is -0.311 e. The molecule has 3 unspecified atom stereocenters. The molecule has 0 aromatic heterocycles. The van der Waals surface area contributed by atoms with E-state index >= 15 is 0 Å². The van der Waals surface area contributed by atoms with Crippen molar-refractivity contribution in [3.8, 4) is 0 Å². The second-order valence-electron chi connectivity index (χ2n) is 6.80. The molecule has 1 N–H and O–H groups in total. The molecule has 2 nitrogen and oxygen atoms in total. The fourth-order valence-electron chi connectivity index (χ4n) is 3.57. The van der Waals surface area contributed by atoms with Crippen LogP contribution in [0.15, 0.2) is 18.2 Å². The Morgan fingerprint density at radius 2 is 2.14 bits per heavy atom. The highest BCUT2D eigenvalue weighted by molar-refractivity contribution is 5.26. The number of aryl methyl sites for hydroxylation is 1. The van der Waals surface area contributed by atoms with Gasteiger partial charge >= 0.3 is 0 Å². The van der Waals surface area contributed by atoms with E-state index in [1.165, 1.54) is 12.8 Å². The summed E-state index contributed by atoms with van der Waals surface area (Å²) in [5.41, 5.74) is 1.84. The van der Waals surface area contributed by atoms with Crippen LogP contribution in [0.2, 0.25) is 0 Å². The first-order valence-corrected chi connectivity index (χ1v) is 8.35. The molecule has 0 bridgehead atoms. The van der Waals surface area contributed by atoms with Crippen molar-refractivity contribution in [3.63, 3.8) is 0 Å². The van der Waals surface area contributed by atoms with Crippen LogP contribution in [-0.2, 0) is 0 Å². The summed E-state index contributed by atoms with van der Waals surface area (Å²) >= 11 is 0. The van der Waals surface area contributed by atoms with Crippen molar-refractivity contribution >= 4 is 0 Å². The van der Waals surface area contributed by atoms with E-state index in [0.29, 0.717) is 12.1 Å². The Morgan fingerprint density at radius 3 is 2.76 bits per heavy atom. The molecule has 3 heteroatoms. The van der Waals surface area contributed by atoms with Gasteiger partial charge in [0.05, 0.1) is 0 Å². The van der Waals surface area contributed by atoms with E-state index in [-0.39, 0.29) is 11.9 Å². The van der Waals surface area contributed by atoms with Gasteiger partial charge in [-0.3, -0.25) is 4.90 Å². The second-order valence-corrected chi connectivity index (χ2v) is 6.80. The van der Waals surface area contributed by atoms with E-state index in [4.69, 9.17) is 0 Å². The summed E-state index contributed by atoms with van der Waals surface area (Å²) in [4.78, 5) is 2.59. The zero-order valence-electron chi connectivity index (χ0n) is 13.4. The highest BCUT2D eigenvalue weighted by Crippen LogP contribution is 2.36. The molecule has 3 rings (SSSR count). The summed E-state index contributed by atoms with van der Waals surface area (Å²) in [5, 5.41) is 3.72. The summed E-state index contributed by atoms with van der Waals surface area (Å²) < 4.78 is 13.9. The van der Waals surface area contributed by atoms with Crippen molar-refractivity contribution in [1.82, 2.24) is 10.2 Å². The number of rotatable bonds is 4. The van der Waals surface area contributed by atoms with Gasteiger partial charge < -0.3 is 5.32 Å². The first-order chi connectivity index (χ1) is 10.1. The summed E-state index contributed by atoms with van der Waals surface area (Å²) in [6.07, 6.45) is 3.88. The van der Waals surface area contributed by atoms with Gasteiger partial charge in [0.1, 0.15) is 5.82 Å². The largest absolute Gasteiger partial charge is 0.311 e. The SMILES string of the molecule is CCC1CNC(C2CC2)CN1C(C)c1ccc(C)c(F)c1. The van der Waals surface area contributed by atoms with Gasteiger partial charge in [-0.1, -0.05) is 19.1 Å². The molecule has 1 saturated carbocycles. The van der Waals surface area contributed by atoms with E-state index in [1.54, 1.807) is 6.07 Å². The van der Waals surface area contributed by atoms with Crippen LogP contribution in [0.3, 0.4) is 0 Å². The van der Waals surface area contributed by atoms with Crippen molar-refractivity contribution in [2.45, 2.75) is 58.2 Å². The molecule has 1 aliphatic heterocycles. The number of nitrogens with one attached hydrogen (secondary N) is 1. The lowest BCUT2D eigenvalue weighted by Gasteiger charge is -2.44. The monoisotopic (exact) mass is 290 g/mol. The number of benzene rings is 1. The third kappa shape index (κ3) is 3.14. The van der Waals surface area contributed by atoms with E-state index in [1.807, 2.05) is 13.0 Å². The van der Waals surface area contributed by atoms with Crippen molar-refractivity contribution in [2.24, 2.45) is 5.92 Å². The summed E-state index contributed by atoms with van der Waals surface area (Å²) in [7, 11) is 0. The van der Waals surface area contributed by atoms with Crippen LogP contribution in [0.1, 0.15) is 50.3 Å². The van der Waals surface area contributed by atoms with E-state index in [0.717, 1.165) is 36.6 Å². The highest BCUT2D eigenvalue weighted by Gasteiger charge is 2.38. The Hall–Kier alpha value is -0.930. The average Bonchev–Trinajstić information content (AvgIpc) is 3.33. The van der Waals surface area contributed by atoms with Crippen LogP contribution >= 0.6 is 0 Å². The lowest BCUT2D eigenvalue weighted by molar-refractivity contribution is 0.0802. The number of hydrogen-bond donors (Lipinski definition) is 1. The quantitative estimate of drug-likeness (QED) is 0.910. The topological polar surface area (TPSA) is 15.3 Å². The van der Waals surface area contributed by atoms with Crippen LogP contribution in [0, 0.1) is 18.7 Å². The molecule has 0 amide bonds. The maximum absolute atomic E-state index is 13.9. The minimum absolute atomic E-state index is 0.0822. The zero-order chi connectivity index (χ0) is 15.0. The average molecular weight is 290 g/mol. The number of nitrogens with zero attached hydrogens (tertiary/aromatic N) is 1. The fourth-order valence-corrected chi connectivity index (χ4v) is 3.57. The molecule has 0 radical (unpaired) electrons. The van der Waals surface area contributed by atoms with Gasteiger partial charge in [0, 0.05) is 31.2 Å². The number of halogens is 1. The molecule has 2 fully saturated rings. The second kappa shape index (κ2) is 6.05. The van der Waals surface area contributed by atoms with Gasteiger partial charge in [-0.15, -0.1) is 0 Å². The highest BCUT2D eigenvalue weighted by atomic mass is 19.1. The van der Waals surface area contributed by atoms with E-state index in [2.05, 4.69) is 30.1 Å². The third-order valence-electron chi connectivity index (χ3n) is 5.33. The Bertz CT molecular complexity index is 498. The molecule has 1 aliphatic carbocycles. The van der Waals surface area contributed by atoms with Gasteiger partial charge in [-0.2, -0.15) is 0 Å². The van der Waals surface area contributed by atoms with Gasteiger partial charge in [-0.25, -0.2) is 4.39 Å². The van der Waals surface area contributed by atoms with Gasteiger partial charge in [-0.05, 0) is 56.2 Å². The Labute approximate surface area is 127 Å². The van der Waals surface area contributed by atoms with E-state index in [9.17, 15) is 4.39 Å². The van der Waals surface area contributed by atoms with Crippen molar-refractivity contribution in [2.75, 3.05) is 13.1 Å². The number of hydrogen-bond acceptors (Lipinski definition) is 2. The van der Waals surface area contributed by atoms with Crippen LogP contribution in [0.5, 0.6) is 0 Å². The molecule has 1 aromatic rings. The predicted octanol–water partition coefficient (Wildman–Crippen LogP) is 3.66. The fraction of sp³-hybridized carbons (Fsp3) is 0.667. The van der Waals surface area contributed by atoms with E-state index < -0.39 is 0 Å². The molecular weight excluding hydrogens is 263 g/mol. The molecule has 2 aliphatic rings. The van der Waals surface area contributed by atoms with Crippen molar-refractivity contribution < 1.29 is 4.39 Å². The molecule has 0 spiro atoms. The summed E-state index contributed by atoms with van der Waals surface area (Å²) in [6, 6.07) is 7.19. The van der Waals surface area contributed by atoms with Crippen molar-refractivity contribution in [3.05, 3.63) is 35.1 Å². The summed E-state index contributed by atoms with van der Waals surface area (Å²) in [6.45, 7) is 8.46. The lowest BCUT2D eigenvalue weighted by atomic mass is 9.97. The molecule has 1 aromatic carbocycles. The third-order valence-corrected chi connectivity index (χ3v) is 5.33. The summed E-state index contributed by atoms with van der Waals surface area (Å²) in [5.74, 6) is 0.786.